The molecule has 0 heterocycles. The van der Waals surface area contributed by atoms with Gasteiger partial charge in [0, 0.05) is 0 Å². The van der Waals surface area contributed by atoms with Crippen LogP contribution in [0.2, 0.25) is 0 Å². The molecule has 0 aromatic rings. The van der Waals surface area contributed by atoms with Crippen LogP contribution in [0.1, 0.15) is 41.5 Å². The quantitative estimate of drug-likeness (QED) is 0.703. The van der Waals surface area contributed by atoms with Crippen LogP contribution in [-0.4, -0.2) is 17.4 Å². The predicted octanol–water partition coefficient (Wildman–Crippen LogP) is 4.03. The van der Waals surface area contributed by atoms with Crippen molar-refractivity contribution >= 4 is 7.60 Å². The van der Waals surface area contributed by atoms with Crippen LogP contribution in [0.4, 0.5) is 8.78 Å². The first-order chi connectivity index (χ1) is 6.36. The van der Waals surface area contributed by atoms with Crippen molar-refractivity contribution in [2.24, 2.45) is 0 Å². The second kappa shape index (κ2) is 4.48. The maximum atomic E-state index is 12.6. The highest BCUT2D eigenvalue weighted by molar-refractivity contribution is 7.54. The summed E-state index contributed by atoms with van der Waals surface area (Å²) in [5.41, 5.74) is -1.87. The highest BCUT2D eigenvalue weighted by Gasteiger charge is 2.43. The van der Waals surface area contributed by atoms with E-state index >= 15 is 0 Å². The smallest absolute Gasteiger partial charge is 0.299 e. The Hall–Kier alpha value is 0.01000. The average Bonchev–Trinajstić information content (AvgIpc) is 1.75. The molecule has 0 aromatic heterocycles. The van der Waals surface area contributed by atoms with Crippen molar-refractivity contribution in [3.8, 4) is 0 Å². The normalized spacial score (nSPS) is 14.7. The first-order valence-corrected chi connectivity index (χ1v) is 6.26. The van der Waals surface area contributed by atoms with E-state index in [-0.39, 0.29) is 0 Å². The molecule has 0 bridgehead atoms. The third kappa shape index (κ3) is 6.23. The summed E-state index contributed by atoms with van der Waals surface area (Å²) in [7, 11) is -4.37. The third-order valence-electron chi connectivity index (χ3n) is 1.04. The van der Waals surface area contributed by atoms with Gasteiger partial charge in [-0.2, -0.15) is 8.78 Å². The van der Waals surface area contributed by atoms with E-state index < -0.39 is 25.0 Å². The molecule has 6 heteroatoms. The Balaban J connectivity index is 4.86. The lowest BCUT2D eigenvalue weighted by atomic mass is 10.2. The number of halogens is 2. The van der Waals surface area contributed by atoms with Crippen LogP contribution in [0.5, 0.6) is 0 Å². The van der Waals surface area contributed by atoms with Gasteiger partial charge in [0.15, 0.2) is 0 Å². The summed E-state index contributed by atoms with van der Waals surface area (Å²) >= 11 is 0. The van der Waals surface area contributed by atoms with Gasteiger partial charge in [0.05, 0.1) is 11.2 Å². The third-order valence-corrected chi connectivity index (χ3v) is 3.12. The molecule has 0 atom stereocenters. The molecule has 0 amide bonds. The van der Waals surface area contributed by atoms with Crippen molar-refractivity contribution in [1.82, 2.24) is 0 Å². The Morgan fingerprint density at radius 2 is 1.20 bits per heavy atom. The Bertz CT molecular complexity index is 233. The number of hydrogen-bond donors (Lipinski definition) is 0. The number of rotatable bonds is 3. The van der Waals surface area contributed by atoms with Gasteiger partial charge >= 0.3 is 13.8 Å². The second-order valence-electron chi connectivity index (χ2n) is 5.22. The molecule has 3 nitrogen and oxygen atoms in total. The summed E-state index contributed by atoms with van der Waals surface area (Å²) in [6, 6.07) is 0. The maximum Gasteiger partial charge on any atom is 0.397 e. The topological polar surface area (TPSA) is 35.5 Å². The van der Waals surface area contributed by atoms with Crippen molar-refractivity contribution in [2.75, 3.05) is 0 Å². The van der Waals surface area contributed by atoms with Crippen LogP contribution in [0.25, 0.3) is 0 Å². The SMILES string of the molecule is CC(C)(C)OP(=O)(OC(C)(C)C)C(F)F. The molecule has 15 heavy (non-hydrogen) atoms. The van der Waals surface area contributed by atoms with E-state index in [0.29, 0.717) is 0 Å². The van der Waals surface area contributed by atoms with Crippen molar-refractivity contribution < 1.29 is 22.4 Å². The highest BCUT2D eigenvalue weighted by Crippen LogP contribution is 2.59. The van der Waals surface area contributed by atoms with Crippen LogP contribution in [-0.2, 0) is 13.6 Å². The largest absolute Gasteiger partial charge is 0.397 e. The fourth-order valence-corrected chi connectivity index (χ4v) is 2.59. The van der Waals surface area contributed by atoms with Gasteiger partial charge in [0.25, 0.3) is 0 Å². The van der Waals surface area contributed by atoms with Gasteiger partial charge in [-0.1, -0.05) is 0 Å². The fourth-order valence-electron chi connectivity index (χ4n) is 0.862. The molecule has 0 saturated carbocycles. The molecule has 0 aliphatic heterocycles. The molecule has 0 rings (SSSR count). The molecule has 0 radical (unpaired) electrons. The Kier molecular flexibility index (Phi) is 4.48. The van der Waals surface area contributed by atoms with E-state index in [1.165, 1.54) is 0 Å². The number of alkyl halides is 2. The molecular weight excluding hydrogens is 225 g/mol. The molecule has 0 aliphatic rings. The Morgan fingerprint density at radius 3 is 1.33 bits per heavy atom. The molecule has 0 aromatic carbocycles. The van der Waals surface area contributed by atoms with Gasteiger partial charge in [0.2, 0.25) is 0 Å². The van der Waals surface area contributed by atoms with Crippen molar-refractivity contribution in [3.63, 3.8) is 0 Å². The van der Waals surface area contributed by atoms with Crippen LogP contribution in [0.15, 0.2) is 0 Å². The second-order valence-corrected chi connectivity index (χ2v) is 7.06. The predicted molar refractivity (Wildman–Crippen MR) is 55.3 cm³/mol. The lowest BCUT2D eigenvalue weighted by Crippen LogP contribution is -2.26. The monoisotopic (exact) mass is 244 g/mol. The minimum absolute atomic E-state index is 0.933. The van der Waals surface area contributed by atoms with E-state index in [9.17, 15) is 13.3 Å². The summed E-state index contributed by atoms with van der Waals surface area (Å²) in [5.74, 6) is 0. The summed E-state index contributed by atoms with van der Waals surface area (Å²) < 4.78 is 46.7. The standard InChI is InChI=1S/C9H19F2O3P/c1-8(2,3)13-15(12,7(10)11)14-9(4,5)6/h7H,1-6H3. The van der Waals surface area contributed by atoms with Crippen molar-refractivity contribution in [3.05, 3.63) is 0 Å². The first kappa shape index (κ1) is 15.0. The highest BCUT2D eigenvalue weighted by atomic mass is 31.2. The molecule has 0 spiro atoms. The molecule has 0 N–H and O–H groups in total. The van der Waals surface area contributed by atoms with E-state index in [4.69, 9.17) is 9.05 Å². The molecule has 0 fully saturated rings. The lowest BCUT2D eigenvalue weighted by Gasteiger charge is -2.31. The summed E-state index contributed by atoms with van der Waals surface area (Å²) in [6.45, 7) is 9.30. The van der Waals surface area contributed by atoms with Crippen LogP contribution < -0.4 is 0 Å². The summed E-state index contributed by atoms with van der Waals surface area (Å²) in [6.07, 6.45) is -3.13. The van der Waals surface area contributed by atoms with Gasteiger partial charge in [0.1, 0.15) is 0 Å². The van der Waals surface area contributed by atoms with E-state index in [0.717, 1.165) is 0 Å². The summed E-state index contributed by atoms with van der Waals surface area (Å²) in [5, 5.41) is 0. The summed E-state index contributed by atoms with van der Waals surface area (Å²) in [4.78, 5) is 0. The zero-order valence-electron chi connectivity index (χ0n) is 10.0. The van der Waals surface area contributed by atoms with Crippen LogP contribution >= 0.6 is 7.60 Å². The van der Waals surface area contributed by atoms with E-state index in [1.54, 1.807) is 41.5 Å². The van der Waals surface area contributed by atoms with Gasteiger partial charge in [-0.15, -0.1) is 0 Å². The van der Waals surface area contributed by atoms with Gasteiger partial charge < -0.3 is 0 Å². The van der Waals surface area contributed by atoms with E-state index in [1.807, 2.05) is 0 Å². The van der Waals surface area contributed by atoms with E-state index in [2.05, 4.69) is 0 Å². The molecule has 92 valence electrons. The molecule has 0 unspecified atom stereocenters. The zero-order chi connectivity index (χ0) is 12.5. The lowest BCUT2D eigenvalue weighted by molar-refractivity contribution is 0.0217. The molecular formula is C9H19F2O3P. The van der Waals surface area contributed by atoms with Crippen molar-refractivity contribution in [1.29, 1.82) is 0 Å². The van der Waals surface area contributed by atoms with Crippen molar-refractivity contribution in [2.45, 2.75) is 58.9 Å². The van der Waals surface area contributed by atoms with Gasteiger partial charge in [-0.05, 0) is 41.5 Å². The fraction of sp³-hybridized carbons (Fsp3) is 1.00. The number of hydrogen-bond acceptors (Lipinski definition) is 3. The minimum Gasteiger partial charge on any atom is -0.299 e. The van der Waals surface area contributed by atoms with Crippen LogP contribution in [0, 0.1) is 0 Å². The Labute approximate surface area is 89.7 Å². The minimum atomic E-state index is -4.37. The zero-order valence-corrected chi connectivity index (χ0v) is 10.9. The van der Waals surface area contributed by atoms with Crippen LogP contribution in [0.3, 0.4) is 0 Å². The van der Waals surface area contributed by atoms with Gasteiger partial charge in [-0.25, -0.2) is 0 Å². The molecule has 0 saturated heterocycles. The average molecular weight is 244 g/mol. The molecule has 0 aliphatic carbocycles. The maximum absolute atomic E-state index is 12.6. The Morgan fingerprint density at radius 1 is 0.933 bits per heavy atom. The first-order valence-electron chi connectivity index (χ1n) is 4.65. The van der Waals surface area contributed by atoms with Gasteiger partial charge in [-0.3, -0.25) is 13.6 Å².